The fraction of sp³-hybridized carbons (Fsp3) is 0.448. The number of aromatic amines is 1. The van der Waals surface area contributed by atoms with Crippen LogP contribution in [-0.2, 0) is 0 Å². The van der Waals surface area contributed by atoms with Crippen LogP contribution >= 0.6 is 0 Å². The number of hydrogen-bond acceptors (Lipinski definition) is 4. The van der Waals surface area contributed by atoms with Gasteiger partial charge in [-0.15, -0.1) is 0 Å². The quantitative estimate of drug-likeness (QED) is 0.335. The molecule has 4 aliphatic carbocycles. The molecule has 5 nitrogen and oxygen atoms in total. The van der Waals surface area contributed by atoms with Gasteiger partial charge in [0.25, 0.3) is 0 Å². The summed E-state index contributed by atoms with van der Waals surface area (Å²) in [7, 11) is 0. The van der Waals surface area contributed by atoms with Gasteiger partial charge in [0.1, 0.15) is 5.75 Å². The molecule has 2 heterocycles. The maximum Gasteiger partial charge on any atom is 0.196 e. The Morgan fingerprint density at radius 2 is 1.53 bits per heavy atom. The standard InChI is InChI=1S/C29H33N3O2/c33-28-26-25(17-30-28)31-23-3-1-2-4-24(23)32-27(26)21-5-7-22(8-6-21)34-10-9-29-14-18-11-19(15-29)13-20(12-18)16-29/h1-8,17-20,27,30-33H,9-16H2. The van der Waals surface area contributed by atoms with Gasteiger partial charge >= 0.3 is 0 Å². The number of fused-ring (bicyclic) bond motifs is 2. The van der Waals surface area contributed by atoms with E-state index in [1.54, 1.807) is 0 Å². The van der Waals surface area contributed by atoms with Gasteiger partial charge in [-0.25, -0.2) is 0 Å². The molecular weight excluding hydrogens is 422 g/mol. The number of rotatable bonds is 5. The van der Waals surface area contributed by atoms with E-state index in [-0.39, 0.29) is 11.9 Å². The van der Waals surface area contributed by atoms with Gasteiger partial charge in [0.05, 0.1) is 35.3 Å². The molecule has 8 rings (SSSR count). The zero-order chi connectivity index (χ0) is 22.7. The van der Waals surface area contributed by atoms with Gasteiger partial charge < -0.3 is 25.5 Å². The van der Waals surface area contributed by atoms with Gasteiger partial charge in [-0.1, -0.05) is 24.3 Å². The van der Waals surface area contributed by atoms with E-state index in [9.17, 15) is 5.11 Å². The van der Waals surface area contributed by atoms with E-state index in [1.165, 1.54) is 44.9 Å². The molecule has 4 N–H and O–H groups in total. The summed E-state index contributed by atoms with van der Waals surface area (Å²) in [6.07, 6.45) is 11.8. The van der Waals surface area contributed by atoms with Gasteiger partial charge in [-0.05, 0) is 97.9 Å². The smallest absolute Gasteiger partial charge is 0.196 e. The first-order valence-corrected chi connectivity index (χ1v) is 12.9. The van der Waals surface area contributed by atoms with E-state index in [0.29, 0.717) is 5.41 Å². The van der Waals surface area contributed by atoms with Crippen molar-refractivity contribution < 1.29 is 9.84 Å². The lowest BCUT2D eigenvalue weighted by molar-refractivity contribution is -0.0622. The molecule has 34 heavy (non-hydrogen) atoms. The van der Waals surface area contributed by atoms with Crippen molar-refractivity contribution in [3.8, 4) is 11.6 Å². The average Bonchev–Trinajstić information content (AvgIpc) is 3.08. The third-order valence-corrected chi connectivity index (χ3v) is 8.96. The minimum Gasteiger partial charge on any atom is -0.494 e. The second-order valence-electron chi connectivity index (χ2n) is 11.3. The molecule has 0 amide bonds. The summed E-state index contributed by atoms with van der Waals surface area (Å²) in [5.41, 5.74) is 5.36. The van der Waals surface area contributed by atoms with E-state index >= 15 is 0 Å². The van der Waals surface area contributed by atoms with Crippen LogP contribution in [0, 0.1) is 23.2 Å². The fourth-order valence-electron chi connectivity index (χ4n) is 7.90. The van der Waals surface area contributed by atoms with Crippen molar-refractivity contribution in [3.63, 3.8) is 0 Å². The van der Waals surface area contributed by atoms with Crippen LogP contribution < -0.4 is 15.4 Å². The van der Waals surface area contributed by atoms with E-state index in [2.05, 4.69) is 45.9 Å². The van der Waals surface area contributed by atoms with Gasteiger partial charge in [-0.3, -0.25) is 0 Å². The average molecular weight is 456 g/mol. The highest BCUT2D eigenvalue weighted by atomic mass is 16.5. The van der Waals surface area contributed by atoms with Crippen molar-refractivity contribution in [2.45, 2.75) is 51.0 Å². The Labute approximate surface area is 200 Å². The van der Waals surface area contributed by atoms with Gasteiger partial charge in [0.15, 0.2) is 5.88 Å². The number of H-pyrrole nitrogens is 1. The monoisotopic (exact) mass is 455 g/mol. The van der Waals surface area contributed by atoms with E-state index in [4.69, 9.17) is 4.74 Å². The summed E-state index contributed by atoms with van der Waals surface area (Å²) >= 11 is 0. The summed E-state index contributed by atoms with van der Waals surface area (Å²) in [5, 5.41) is 17.6. The summed E-state index contributed by atoms with van der Waals surface area (Å²) in [6, 6.07) is 16.3. The van der Waals surface area contributed by atoms with Crippen molar-refractivity contribution >= 4 is 17.1 Å². The largest absolute Gasteiger partial charge is 0.494 e. The molecule has 0 spiro atoms. The van der Waals surface area contributed by atoms with Crippen molar-refractivity contribution in [1.29, 1.82) is 0 Å². The molecule has 1 aliphatic heterocycles. The predicted octanol–water partition coefficient (Wildman–Crippen LogP) is 6.96. The number of nitrogens with one attached hydrogen (secondary N) is 3. The van der Waals surface area contributed by atoms with Crippen molar-refractivity contribution in [1.82, 2.24) is 4.98 Å². The van der Waals surface area contributed by atoms with E-state index in [0.717, 1.165) is 58.3 Å². The second kappa shape index (κ2) is 7.72. The fourth-order valence-corrected chi connectivity index (χ4v) is 7.90. The number of hydrogen-bond donors (Lipinski definition) is 4. The van der Waals surface area contributed by atoms with Crippen molar-refractivity contribution in [2.24, 2.45) is 23.2 Å². The Kier molecular flexibility index (Phi) is 4.61. The zero-order valence-corrected chi connectivity index (χ0v) is 19.5. The van der Waals surface area contributed by atoms with Gasteiger partial charge in [-0.2, -0.15) is 0 Å². The normalized spacial score (nSPS) is 30.6. The Morgan fingerprint density at radius 1 is 0.853 bits per heavy atom. The van der Waals surface area contributed by atoms with E-state index in [1.807, 2.05) is 24.4 Å². The number of aromatic hydroxyl groups is 1. The number of para-hydroxylation sites is 2. The Hall–Kier alpha value is -3.08. The highest BCUT2D eigenvalue weighted by Gasteiger charge is 2.50. The van der Waals surface area contributed by atoms with Crippen LogP contribution in [0.5, 0.6) is 11.6 Å². The highest BCUT2D eigenvalue weighted by Crippen LogP contribution is 2.61. The molecule has 1 unspecified atom stereocenters. The molecule has 1 aromatic heterocycles. The topological polar surface area (TPSA) is 69.3 Å². The predicted molar refractivity (Wildman–Crippen MR) is 135 cm³/mol. The van der Waals surface area contributed by atoms with Gasteiger partial charge in [0, 0.05) is 6.20 Å². The third-order valence-electron chi connectivity index (χ3n) is 8.96. The third kappa shape index (κ3) is 3.44. The first kappa shape index (κ1) is 20.3. The van der Waals surface area contributed by atoms with Crippen molar-refractivity contribution in [3.05, 3.63) is 65.9 Å². The Bertz CT molecular complexity index is 1160. The molecule has 4 fully saturated rings. The molecule has 0 saturated heterocycles. The van der Waals surface area contributed by atoms with Gasteiger partial charge in [0.2, 0.25) is 0 Å². The SMILES string of the molecule is Oc1[nH]cc2c1C(c1ccc(OCCC34CC5CC(CC(C5)C3)C4)cc1)Nc1ccccc1N2. The van der Waals surface area contributed by atoms with Crippen LogP contribution in [0.1, 0.15) is 62.1 Å². The Balaban J connectivity index is 1.07. The van der Waals surface area contributed by atoms with Crippen LogP contribution in [0.2, 0.25) is 0 Å². The maximum absolute atomic E-state index is 10.6. The molecule has 1 atom stereocenters. The van der Waals surface area contributed by atoms with Crippen LogP contribution in [0.25, 0.3) is 0 Å². The van der Waals surface area contributed by atoms with Crippen molar-refractivity contribution in [2.75, 3.05) is 17.2 Å². The first-order valence-electron chi connectivity index (χ1n) is 12.9. The molecule has 5 aliphatic rings. The van der Waals surface area contributed by atoms with Crippen LogP contribution in [0.15, 0.2) is 54.7 Å². The molecule has 3 aromatic rings. The summed E-state index contributed by atoms with van der Waals surface area (Å²) in [6.45, 7) is 0.813. The highest BCUT2D eigenvalue weighted by molar-refractivity contribution is 5.80. The summed E-state index contributed by atoms with van der Waals surface area (Å²) < 4.78 is 6.26. The first-order chi connectivity index (χ1) is 16.6. The molecule has 176 valence electrons. The molecular formula is C29H33N3O2. The molecule has 4 bridgehead atoms. The second-order valence-corrected chi connectivity index (χ2v) is 11.3. The lowest BCUT2D eigenvalue weighted by Crippen LogP contribution is -2.46. The number of aromatic nitrogens is 1. The lowest BCUT2D eigenvalue weighted by atomic mass is 9.49. The number of anilines is 3. The lowest BCUT2D eigenvalue weighted by Gasteiger charge is -2.57. The summed E-state index contributed by atoms with van der Waals surface area (Å²) in [4.78, 5) is 2.96. The minimum atomic E-state index is -0.168. The van der Waals surface area contributed by atoms with Crippen LogP contribution in [0.3, 0.4) is 0 Å². The number of ether oxygens (including phenoxy) is 1. The molecule has 4 saturated carbocycles. The van der Waals surface area contributed by atoms with Crippen LogP contribution in [0.4, 0.5) is 17.1 Å². The zero-order valence-electron chi connectivity index (χ0n) is 19.5. The van der Waals surface area contributed by atoms with E-state index < -0.39 is 0 Å². The number of benzene rings is 2. The molecule has 5 heteroatoms. The van der Waals surface area contributed by atoms with Crippen LogP contribution in [-0.4, -0.2) is 16.7 Å². The summed E-state index contributed by atoms with van der Waals surface area (Å²) in [5.74, 6) is 4.09. The maximum atomic E-state index is 10.6. The molecule has 0 radical (unpaired) electrons. The molecule has 2 aromatic carbocycles. The minimum absolute atomic E-state index is 0.168. The Morgan fingerprint density at radius 3 is 2.24 bits per heavy atom.